The van der Waals surface area contributed by atoms with Gasteiger partial charge in [-0.05, 0) is 7.05 Å². The summed E-state index contributed by atoms with van der Waals surface area (Å²) in [5.41, 5.74) is 2.76. The lowest BCUT2D eigenvalue weighted by Gasteiger charge is -2.22. The zero-order valence-corrected chi connectivity index (χ0v) is 7.15. The van der Waals surface area contributed by atoms with Gasteiger partial charge in [0.05, 0.1) is 0 Å². The lowest BCUT2D eigenvalue weighted by atomic mass is 9.98. The van der Waals surface area contributed by atoms with Gasteiger partial charge in [-0.1, -0.05) is 13.8 Å². The number of rotatable bonds is 1. The molecule has 0 aromatic rings. The van der Waals surface area contributed by atoms with E-state index in [0.717, 1.165) is 0 Å². The number of nitrogens with one attached hydrogen (secondary N) is 1. The van der Waals surface area contributed by atoms with Gasteiger partial charge in [0.15, 0.2) is 0 Å². The molecule has 4 nitrogen and oxygen atoms in total. The number of hydrogen-bond acceptors (Lipinski definition) is 4. The van der Waals surface area contributed by atoms with Crippen molar-refractivity contribution in [1.29, 1.82) is 0 Å². The SMILES string of the molecule is CNN1C(O)C(C)C(C)C1O. The number of hydrazine groups is 1. The summed E-state index contributed by atoms with van der Waals surface area (Å²) in [7, 11) is 1.69. The Morgan fingerprint density at radius 2 is 1.45 bits per heavy atom. The van der Waals surface area contributed by atoms with Crippen molar-refractivity contribution in [1.82, 2.24) is 10.4 Å². The fourth-order valence-electron chi connectivity index (χ4n) is 1.47. The van der Waals surface area contributed by atoms with Crippen LogP contribution in [0.5, 0.6) is 0 Å². The van der Waals surface area contributed by atoms with Crippen LogP contribution in [-0.2, 0) is 0 Å². The summed E-state index contributed by atoms with van der Waals surface area (Å²) < 4.78 is 0. The van der Waals surface area contributed by atoms with E-state index in [9.17, 15) is 10.2 Å². The molecule has 11 heavy (non-hydrogen) atoms. The quantitative estimate of drug-likeness (QED) is 0.477. The van der Waals surface area contributed by atoms with E-state index in [1.54, 1.807) is 7.05 Å². The minimum Gasteiger partial charge on any atom is -0.377 e. The van der Waals surface area contributed by atoms with Crippen LogP contribution in [0, 0.1) is 11.8 Å². The predicted octanol–water partition coefficient (Wildman–Crippen LogP) is -0.655. The van der Waals surface area contributed by atoms with Crippen LogP contribution in [0.1, 0.15) is 13.8 Å². The number of aliphatic hydroxyl groups is 2. The first kappa shape index (κ1) is 8.93. The van der Waals surface area contributed by atoms with Crippen LogP contribution in [0.15, 0.2) is 0 Å². The Balaban J connectivity index is 2.69. The van der Waals surface area contributed by atoms with E-state index in [2.05, 4.69) is 5.43 Å². The van der Waals surface area contributed by atoms with Crippen LogP contribution in [0.2, 0.25) is 0 Å². The Hall–Kier alpha value is -0.160. The van der Waals surface area contributed by atoms with Crippen LogP contribution in [0.3, 0.4) is 0 Å². The average Bonchev–Trinajstić information content (AvgIpc) is 2.17. The molecule has 1 rings (SSSR count). The highest BCUT2D eigenvalue weighted by Gasteiger charge is 2.42. The molecule has 0 spiro atoms. The molecule has 1 aliphatic heterocycles. The van der Waals surface area contributed by atoms with Gasteiger partial charge in [0.25, 0.3) is 0 Å². The number of hydrogen-bond donors (Lipinski definition) is 3. The van der Waals surface area contributed by atoms with Gasteiger partial charge in [-0.25, -0.2) is 0 Å². The molecular weight excluding hydrogens is 144 g/mol. The third kappa shape index (κ3) is 1.27. The first-order chi connectivity index (χ1) is 5.09. The summed E-state index contributed by atoms with van der Waals surface area (Å²) in [6, 6.07) is 0. The first-order valence-electron chi connectivity index (χ1n) is 3.91. The molecule has 0 aliphatic carbocycles. The fraction of sp³-hybridized carbons (Fsp3) is 1.00. The van der Waals surface area contributed by atoms with Gasteiger partial charge in [0.1, 0.15) is 12.5 Å². The Bertz CT molecular complexity index is 128. The van der Waals surface area contributed by atoms with Gasteiger partial charge in [-0.3, -0.25) is 5.43 Å². The maximum atomic E-state index is 9.50. The van der Waals surface area contributed by atoms with Crippen LogP contribution in [0.4, 0.5) is 0 Å². The molecule has 0 aromatic heterocycles. The molecule has 4 unspecified atom stereocenters. The van der Waals surface area contributed by atoms with Crippen molar-refractivity contribution in [3.8, 4) is 0 Å². The zero-order valence-electron chi connectivity index (χ0n) is 7.15. The summed E-state index contributed by atoms with van der Waals surface area (Å²) in [5.74, 6) is 0.217. The summed E-state index contributed by atoms with van der Waals surface area (Å²) >= 11 is 0. The maximum Gasteiger partial charge on any atom is 0.125 e. The van der Waals surface area contributed by atoms with Crippen molar-refractivity contribution in [3.05, 3.63) is 0 Å². The second kappa shape index (κ2) is 3.06. The zero-order chi connectivity index (χ0) is 8.59. The number of nitrogens with zero attached hydrogens (tertiary/aromatic N) is 1. The van der Waals surface area contributed by atoms with E-state index < -0.39 is 12.5 Å². The molecule has 4 heteroatoms. The van der Waals surface area contributed by atoms with Crippen molar-refractivity contribution < 1.29 is 10.2 Å². The second-order valence-corrected chi connectivity index (χ2v) is 3.18. The molecule has 0 radical (unpaired) electrons. The summed E-state index contributed by atoms with van der Waals surface area (Å²) in [4.78, 5) is 0. The minimum atomic E-state index is -0.579. The van der Waals surface area contributed by atoms with E-state index in [0.29, 0.717) is 0 Å². The molecule has 1 fully saturated rings. The van der Waals surface area contributed by atoms with Gasteiger partial charge < -0.3 is 10.2 Å². The fourth-order valence-corrected chi connectivity index (χ4v) is 1.47. The lowest BCUT2D eigenvalue weighted by Crippen LogP contribution is -2.45. The predicted molar refractivity (Wildman–Crippen MR) is 41.2 cm³/mol. The lowest BCUT2D eigenvalue weighted by molar-refractivity contribution is -0.0929. The molecular formula is C7H16N2O2. The smallest absolute Gasteiger partial charge is 0.125 e. The van der Waals surface area contributed by atoms with Gasteiger partial charge >= 0.3 is 0 Å². The largest absolute Gasteiger partial charge is 0.377 e. The third-order valence-electron chi connectivity index (χ3n) is 2.60. The van der Waals surface area contributed by atoms with Gasteiger partial charge in [0, 0.05) is 11.8 Å². The molecule has 1 heterocycles. The van der Waals surface area contributed by atoms with E-state index in [1.165, 1.54) is 5.01 Å². The van der Waals surface area contributed by atoms with Crippen molar-refractivity contribution in [2.45, 2.75) is 26.3 Å². The highest BCUT2D eigenvalue weighted by Crippen LogP contribution is 2.30. The minimum absolute atomic E-state index is 0.109. The van der Waals surface area contributed by atoms with Crippen LogP contribution in [0.25, 0.3) is 0 Å². The average molecular weight is 160 g/mol. The van der Waals surface area contributed by atoms with E-state index in [4.69, 9.17) is 0 Å². The van der Waals surface area contributed by atoms with Gasteiger partial charge in [-0.2, -0.15) is 5.01 Å². The van der Waals surface area contributed by atoms with Gasteiger partial charge in [-0.15, -0.1) is 0 Å². The highest BCUT2D eigenvalue weighted by molar-refractivity contribution is 4.83. The molecule has 1 saturated heterocycles. The third-order valence-corrected chi connectivity index (χ3v) is 2.60. The molecule has 4 atom stereocenters. The summed E-state index contributed by atoms with van der Waals surface area (Å²) in [6.07, 6.45) is -1.16. The van der Waals surface area contributed by atoms with Crippen molar-refractivity contribution in [2.24, 2.45) is 11.8 Å². The topological polar surface area (TPSA) is 55.7 Å². The molecule has 0 amide bonds. The molecule has 0 bridgehead atoms. The van der Waals surface area contributed by atoms with Crippen LogP contribution < -0.4 is 5.43 Å². The Morgan fingerprint density at radius 1 is 1.09 bits per heavy atom. The monoisotopic (exact) mass is 160 g/mol. The Morgan fingerprint density at radius 3 is 1.64 bits per heavy atom. The van der Waals surface area contributed by atoms with Gasteiger partial charge in [0.2, 0.25) is 0 Å². The summed E-state index contributed by atoms with van der Waals surface area (Å²) in [6.45, 7) is 3.85. The van der Waals surface area contributed by atoms with Crippen molar-refractivity contribution in [3.63, 3.8) is 0 Å². The summed E-state index contributed by atoms with van der Waals surface area (Å²) in [5, 5.41) is 20.5. The van der Waals surface area contributed by atoms with E-state index in [1.807, 2.05) is 13.8 Å². The first-order valence-corrected chi connectivity index (χ1v) is 3.91. The molecule has 3 N–H and O–H groups in total. The second-order valence-electron chi connectivity index (χ2n) is 3.18. The van der Waals surface area contributed by atoms with Crippen LogP contribution in [-0.4, -0.2) is 34.7 Å². The van der Waals surface area contributed by atoms with Crippen LogP contribution >= 0.6 is 0 Å². The maximum absolute atomic E-state index is 9.50. The molecule has 0 aromatic carbocycles. The van der Waals surface area contributed by atoms with Crippen molar-refractivity contribution >= 4 is 0 Å². The Labute approximate surface area is 66.8 Å². The Kier molecular flexibility index (Phi) is 2.49. The van der Waals surface area contributed by atoms with E-state index >= 15 is 0 Å². The highest BCUT2D eigenvalue weighted by atomic mass is 16.3. The normalized spacial score (nSPS) is 46.6. The molecule has 66 valence electrons. The number of aliphatic hydroxyl groups excluding tert-OH is 2. The standard InChI is InChI=1S/C7H16N2O2/c1-4-5(2)7(11)9(8-3)6(4)10/h4-8,10-11H,1-3H3. The molecule has 0 saturated carbocycles. The van der Waals surface area contributed by atoms with Crippen molar-refractivity contribution in [2.75, 3.05) is 7.05 Å². The molecule has 1 aliphatic rings. The van der Waals surface area contributed by atoms with E-state index in [-0.39, 0.29) is 11.8 Å².